The smallest absolute Gasteiger partial charge is 0.0957 e. The largest absolute Gasteiger partial charge is 0.472 e. The Kier molecular flexibility index (Phi) is 3.22. The highest BCUT2D eigenvalue weighted by atomic mass is 16.5. The van der Waals surface area contributed by atoms with Gasteiger partial charge in [0.05, 0.1) is 25.2 Å². The molecule has 1 aliphatic rings. The standard InChI is InChI=1S/C11H17NO2/c1-9-2-4-12-6-11(9)14-8-10-3-5-13-7-10/h3,5,7,9,11-12H,2,4,6,8H2,1H3. The van der Waals surface area contributed by atoms with Gasteiger partial charge in [0.15, 0.2) is 0 Å². The van der Waals surface area contributed by atoms with Gasteiger partial charge in [0.25, 0.3) is 0 Å². The van der Waals surface area contributed by atoms with E-state index in [2.05, 4.69) is 12.2 Å². The Balaban J connectivity index is 1.79. The maximum atomic E-state index is 5.82. The normalized spacial score (nSPS) is 27.8. The van der Waals surface area contributed by atoms with E-state index in [-0.39, 0.29) is 0 Å². The second kappa shape index (κ2) is 4.62. The molecule has 1 aromatic heterocycles. The molecule has 0 radical (unpaired) electrons. The topological polar surface area (TPSA) is 34.4 Å². The van der Waals surface area contributed by atoms with Gasteiger partial charge in [-0.25, -0.2) is 0 Å². The molecule has 1 aromatic rings. The second-order valence-electron chi connectivity index (χ2n) is 3.95. The summed E-state index contributed by atoms with van der Waals surface area (Å²) in [5.74, 6) is 0.656. The van der Waals surface area contributed by atoms with Crippen LogP contribution < -0.4 is 5.32 Å². The molecule has 78 valence electrons. The Morgan fingerprint density at radius 2 is 2.57 bits per heavy atom. The molecule has 0 spiro atoms. The molecular formula is C11H17NO2. The minimum Gasteiger partial charge on any atom is -0.472 e. The highest BCUT2D eigenvalue weighted by Gasteiger charge is 2.21. The van der Waals surface area contributed by atoms with Crippen molar-refractivity contribution in [3.05, 3.63) is 24.2 Å². The van der Waals surface area contributed by atoms with Gasteiger partial charge < -0.3 is 14.5 Å². The molecule has 0 bridgehead atoms. The van der Waals surface area contributed by atoms with Crippen molar-refractivity contribution < 1.29 is 9.15 Å². The lowest BCUT2D eigenvalue weighted by Gasteiger charge is -2.29. The fourth-order valence-corrected chi connectivity index (χ4v) is 1.76. The molecule has 2 heterocycles. The van der Waals surface area contributed by atoms with E-state index in [1.165, 1.54) is 6.42 Å². The first-order valence-electron chi connectivity index (χ1n) is 5.19. The summed E-state index contributed by atoms with van der Waals surface area (Å²) in [4.78, 5) is 0. The summed E-state index contributed by atoms with van der Waals surface area (Å²) in [6.45, 7) is 5.00. The van der Waals surface area contributed by atoms with Gasteiger partial charge in [0, 0.05) is 12.1 Å². The molecule has 1 fully saturated rings. The third-order valence-electron chi connectivity index (χ3n) is 2.80. The monoisotopic (exact) mass is 195 g/mol. The van der Waals surface area contributed by atoms with Crippen LogP contribution in [-0.2, 0) is 11.3 Å². The van der Waals surface area contributed by atoms with E-state index in [0.717, 1.165) is 18.7 Å². The highest BCUT2D eigenvalue weighted by Crippen LogP contribution is 2.16. The van der Waals surface area contributed by atoms with Crippen LogP contribution in [0.15, 0.2) is 23.0 Å². The molecule has 14 heavy (non-hydrogen) atoms. The Morgan fingerprint density at radius 1 is 1.64 bits per heavy atom. The first-order chi connectivity index (χ1) is 6.86. The Hall–Kier alpha value is -0.800. The number of ether oxygens (including phenoxy) is 1. The lowest BCUT2D eigenvalue weighted by atomic mass is 9.97. The predicted molar refractivity (Wildman–Crippen MR) is 53.9 cm³/mol. The second-order valence-corrected chi connectivity index (χ2v) is 3.95. The predicted octanol–water partition coefficient (Wildman–Crippen LogP) is 1.79. The first kappa shape index (κ1) is 9.74. The van der Waals surface area contributed by atoms with Gasteiger partial charge in [-0.3, -0.25) is 0 Å². The maximum absolute atomic E-state index is 5.82. The van der Waals surface area contributed by atoms with E-state index in [1.807, 2.05) is 6.07 Å². The van der Waals surface area contributed by atoms with E-state index in [9.17, 15) is 0 Å². The quantitative estimate of drug-likeness (QED) is 0.798. The van der Waals surface area contributed by atoms with Crippen molar-refractivity contribution >= 4 is 0 Å². The van der Waals surface area contributed by atoms with Crippen molar-refractivity contribution in [3.8, 4) is 0 Å². The van der Waals surface area contributed by atoms with Crippen molar-refractivity contribution in [1.29, 1.82) is 0 Å². The van der Waals surface area contributed by atoms with Gasteiger partial charge in [0.2, 0.25) is 0 Å². The van der Waals surface area contributed by atoms with E-state index in [1.54, 1.807) is 12.5 Å². The van der Waals surface area contributed by atoms with Crippen molar-refractivity contribution in [2.24, 2.45) is 5.92 Å². The summed E-state index contributed by atoms with van der Waals surface area (Å²) in [5, 5.41) is 3.35. The lowest BCUT2D eigenvalue weighted by molar-refractivity contribution is -0.00674. The van der Waals surface area contributed by atoms with Gasteiger partial charge in [-0.2, -0.15) is 0 Å². The van der Waals surface area contributed by atoms with E-state index >= 15 is 0 Å². The summed E-state index contributed by atoms with van der Waals surface area (Å²) in [7, 11) is 0. The number of piperidine rings is 1. The molecule has 2 unspecified atom stereocenters. The molecule has 3 nitrogen and oxygen atoms in total. The van der Waals surface area contributed by atoms with Crippen LogP contribution >= 0.6 is 0 Å². The van der Waals surface area contributed by atoms with Crippen molar-refractivity contribution in [2.75, 3.05) is 13.1 Å². The maximum Gasteiger partial charge on any atom is 0.0957 e. The SMILES string of the molecule is CC1CCNCC1OCc1ccoc1. The molecule has 2 atom stereocenters. The van der Waals surface area contributed by atoms with Crippen LogP contribution in [-0.4, -0.2) is 19.2 Å². The molecule has 1 saturated heterocycles. The van der Waals surface area contributed by atoms with Gasteiger partial charge in [-0.1, -0.05) is 6.92 Å². The zero-order valence-electron chi connectivity index (χ0n) is 8.53. The van der Waals surface area contributed by atoms with Gasteiger partial charge >= 0.3 is 0 Å². The van der Waals surface area contributed by atoms with E-state index in [4.69, 9.17) is 9.15 Å². The molecular weight excluding hydrogens is 178 g/mol. The number of rotatable bonds is 3. The summed E-state index contributed by atoms with van der Waals surface area (Å²) in [5.41, 5.74) is 1.11. The zero-order chi connectivity index (χ0) is 9.80. The minimum absolute atomic E-state index is 0.346. The average molecular weight is 195 g/mol. The molecule has 3 heteroatoms. The van der Waals surface area contributed by atoms with Crippen LogP contribution in [0.4, 0.5) is 0 Å². The Bertz CT molecular complexity index is 258. The third-order valence-corrected chi connectivity index (χ3v) is 2.80. The van der Waals surface area contributed by atoms with Crippen molar-refractivity contribution in [3.63, 3.8) is 0 Å². The molecule has 0 amide bonds. The molecule has 0 aliphatic carbocycles. The summed E-state index contributed by atoms with van der Waals surface area (Å²) >= 11 is 0. The summed E-state index contributed by atoms with van der Waals surface area (Å²) in [6, 6.07) is 1.95. The van der Waals surface area contributed by atoms with Gasteiger partial charge in [-0.05, 0) is 24.9 Å². The van der Waals surface area contributed by atoms with Gasteiger partial charge in [-0.15, -0.1) is 0 Å². The van der Waals surface area contributed by atoms with Crippen LogP contribution in [0, 0.1) is 5.92 Å². The lowest BCUT2D eigenvalue weighted by Crippen LogP contribution is -2.40. The molecule has 0 saturated carbocycles. The van der Waals surface area contributed by atoms with Crippen LogP contribution in [0.25, 0.3) is 0 Å². The number of hydrogen-bond acceptors (Lipinski definition) is 3. The van der Waals surface area contributed by atoms with E-state index < -0.39 is 0 Å². The van der Waals surface area contributed by atoms with Crippen LogP contribution in [0.5, 0.6) is 0 Å². The van der Waals surface area contributed by atoms with Gasteiger partial charge in [0.1, 0.15) is 0 Å². The highest BCUT2D eigenvalue weighted by molar-refractivity contribution is 5.03. The Labute approximate surface area is 84.4 Å². The van der Waals surface area contributed by atoms with Crippen LogP contribution in [0.3, 0.4) is 0 Å². The minimum atomic E-state index is 0.346. The number of hydrogen-bond donors (Lipinski definition) is 1. The zero-order valence-corrected chi connectivity index (χ0v) is 8.53. The van der Waals surface area contributed by atoms with Crippen molar-refractivity contribution in [1.82, 2.24) is 5.32 Å². The van der Waals surface area contributed by atoms with Crippen LogP contribution in [0.1, 0.15) is 18.9 Å². The Morgan fingerprint density at radius 3 is 3.29 bits per heavy atom. The summed E-state index contributed by atoms with van der Waals surface area (Å²) < 4.78 is 10.8. The third kappa shape index (κ3) is 2.36. The van der Waals surface area contributed by atoms with E-state index in [0.29, 0.717) is 18.6 Å². The average Bonchev–Trinajstić information content (AvgIpc) is 2.69. The molecule has 0 aromatic carbocycles. The summed E-state index contributed by atoms with van der Waals surface area (Å²) in [6.07, 6.45) is 4.97. The fraction of sp³-hybridized carbons (Fsp3) is 0.636. The number of nitrogens with one attached hydrogen (secondary N) is 1. The molecule has 1 N–H and O–H groups in total. The number of furan rings is 1. The first-order valence-corrected chi connectivity index (χ1v) is 5.19. The fourth-order valence-electron chi connectivity index (χ4n) is 1.76. The molecule has 1 aliphatic heterocycles. The van der Waals surface area contributed by atoms with Crippen LogP contribution in [0.2, 0.25) is 0 Å². The van der Waals surface area contributed by atoms with Crippen molar-refractivity contribution in [2.45, 2.75) is 26.1 Å². The molecule has 2 rings (SSSR count).